The lowest BCUT2D eigenvalue weighted by Crippen LogP contribution is -2.46. The molecule has 0 saturated heterocycles. The molecule has 0 radical (unpaired) electrons. The van der Waals surface area contributed by atoms with Gasteiger partial charge in [-0.05, 0) is 54.1 Å². The Hall–Kier alpha value is -4.18. The summed E-state index contributed by atoms with van der Waals surface area (Å²) < 4.78 is 4.04. The van der Waals surface area contributed by atoms with Crippen LogP contribution in [0.25, 0.3) is 10.9 Å². The number of H-pyrrole nitrogens is 1. The largest absolute Gasteiger partial charge is 0.395 e. The van der Waals surface area contributed by atoms with Gasteiger partial charge in [0.15, 0.2) is 5.69 Å². The monoisotopic (exact) mass is 544 g/mol. The standard InChI is InChI=1S/C29H32N6O3S/c1-16(2)17-11-13-19(14-12-17)35(29(38)26-23(30)24(27(31)36)34-39-26)25(28(37)33-18-7-3-4-8-18)21-15-32-22-10-6-5-9-20(21)22/h5-6,9-16,18,25,32H,3-4,7-8,30H2,1-2H3,(H2,31,36)(H,33,37). The number of rotatable bonds is 8. The first-order chi connectivity index (χ1) is 18.8. The lowest BCUT2D eigenvalue weighted by atomic mass is 9.99. The number of nitrogens with zero attached hydrogens (tertiary/aromatic N) is 2. The smallest absolute Gasteiger partial charge is 0.273 e. The van der Waals surface area contributed by atoms with Crippen LogP contribution in [0.1, 0.15) is 82.8 Å². The molecule has 1 aliphatic carbocycles. The number of para-hydroxylation sites is 1. The molecule has 1 saturated carbocycles. The number of nitrogens with one attached hydrogen (secondary N) is 2. The van der Waals surface area contributed by atoms with Crippen LogP contribution in [0.3, 0.4) is 0 Å². The number of nitrogen functional groups attached to an aromatic ring is 1. The molecular weight excluding hydrogens is 512 g/mol. The highest BCUT2D eigenvalue weighted by Gasteiger charge is 2.38. The van der Waals surface area contributed by atoms with Gasteiger partial charge in [-0.15, -0.1) is 0 Å². The molecule has 0 bridgehead atoms. The number of carbonyl (C=O) groups excluding carboxylic acids is 3. The van der Waals surface area contributed by atoms with Crippen LogP contribution >= 0.6 is 11.5 Å². The van der Waals surface area contributed by atoms with Crippen LogP contribution in [0.5, 0.6) is 0 Å². The van der Waals surface area contributed by atoms with Crippen LogP contribution in [0.15, 0.2) is 54.7 Å². The van der Waals surface area contributed by atoms with Gasteiger partial charge in [0.25, 0.3) is 11.8 Å². The number of nitrogens with two attached hydrogens (primary N) is 2. The van der Waals surface area contributed by atoms with E-state index >= 15 is 0 Å². The number of hydrogen-bond donors (Lipinski definition) is 4. The SMILES string of the molecule is CC(C)c1ccc(N(C(=O)c2snc(C(N)=O)c2N)C(C(=O)NC2CCCC2)c2c[nH]c3ccccc23)cc1. The molecule has 1 atom stereocenters. The summed E-state index contributed by atoms with van der Waals surface area (Å²) in [6.07, 6.45) is 5.67. The molecule has 2 heterocycles. The number of fused-ring (bicyclic) bond motifs is 1. The molecule has 1 unspecified atom stereocenters. The van der Waals surface area contributed by atoms with Gasteiger partial charge in [-0.3, -0.25) is 19.3 Å². The summed E-state index contributed by atoms with van der Waals surface area (Å²) in [7, 11) is 0. The topological polar surface area (TPSA) is 147 Å². The molecule has 9 nitrogen and oxygen atoms in total. The number of benzene rings is 2. The van der Waals surface area contributed by atoms with Crippen molar-refractivity contribution in [2.75, 3.05) is 10.6 Å². The van der Waals surface area contributed by atoms with Gasteiger partial charge in [-0.2, -0.15) is 4.37 Å². The Morgan fingerprint density at radius 1 is 1.08 bits per heavy atom. The quantitative estimate of drug-likeness (QED) is 0.250. The zero-order valence-corrected chi connectivity index (χ0v) is 22.8. The maximum atomic E-state index is 14.3. The molecule has 4 aromatic rings. The lowest BCUT2D eigenvalue weighted by molar-refractivity contribution is -0.123. The third kappa shape index (κ3) is 5.12. The van der Waals surface area contributed by atoms with Crippen molar-refractivity contribution in [3.63, 3.8) is 0 Å². The molecule has 6 N–H and O–H groups in total. The van der Waals surface area contributed by atoms with Crippen molar-refractivity contribution in [3.05, 3.63) is 76.4 Å². The summed E-state index contributed by atoms with van der Waals surface area (Å²) >= 11 is 0.800. The van der Waals surface area contributed by atoms with E-state index in [4.69, 9.17) is 11.5 Å². The fourth-order valence-electron chi connectivity index (χ4n) is 5.21. The van der Waals surface area contributed by atoms with Gasteiger partial charge in [0.1, 0.15) is 10.9 Å². The van der Waals surface area contributed by atoms with Gasteiger partial charge in [-0.1, -0.05) is 57.0 Å². The molecular formula is C29H32N6O3S. The highest BCUT2D eigenvalue weighted by molar-refractivity contribution is 7.09. The summed E-state index contributed by atoms with van der Waals surface area (Å²) in [6, 6.07) is 14.3. The number of aromatic nitrogens is 2. The Morgan fingerprint density at radius 3 is 2.41 bits per heavy atom. The van der Waals surface area contributed by atoms with Gasteiger partial charge in [0, 0.05) is 34.4 Å². The Balaban J connectivity index is 1.68. The first kappa shape index (κ1) is 26.4. The predicted octanol–water partition coefficient (Wildman–Crippen LogP) is 4.88. The Kier molecular flexibility index (Phi) is 7.38. The summed E-state index contributed by atoms with van der Waals surface area (Å²) in [6.45, 7) is 4.18. The second kappa shape index (κ2) is 10.9. The van der Waals surface area contributed by atoms with Crippen molar-refractivity contribution in [1.82, 2.24) is 14.7 Å². The number of hydrogen-bond acceptors (Lipinski definition) is 6. The van der Waals surface area contributed by atoms with Gasteiger partial charge in [0.2, 0.25) is 5.91 Å². The molecule has 5 rings (SSSR count). The fraction of sp³-hybridized carbons (Fsp3) is 0.310. The van der Waals surface area contributed by atoms with E-state index in [1.54, 1.807) is 6.20 Å². The summed E-state index contributed by atoms with van der Waals surface area (Å²) in [5.74, 6) is -1.35. The second-order valence-corrected chi connectivity index (χ2v) is 11.0. The summed E-state index contributed by atoms with van der Waals surface area (Å²) in [5, 5.41) is 4.02. The molecule has 2 aromatic carbocycles. The van der Waals surface area contributed by atoms with Gasteiger partial charge >= 0.3 is 0 Å². The molecule has 202 valence electrons. The van der Waals surface area contributed by atoms with Crippen molar-refractivity contribution < 1.29 is 14.4 Å². The van der Waals surface area contributed by atoms with Crippen LogP contribution in [-0.4, -0.2) is 33.1 Å². The minimum atomic E-state index is -1.02. The highest BCUT2D eigenvalue weighted by Crippen LogP contribution is 2.36. The predicted molar refractivity (Wildman–Crippen MR) is 154 cm³/mol. The molecule has 10 heteroatoms. The van der Waals surface area contributed by atoms with Gasteiger partial charge < -0.3 is 21.8 Å². The fourth-order valence-corrected chi connectivity index (χ4v) is 5.95. The zero-order valence-electron chi connectivity index (χ0n) is 21.9. The number of amides is 3. The van der Waals surface area contributed by atoms with E-state index in [1.807, 2.05) is 48.5 Å². The Morgan fingerprint density at radius 2 is 1.77 bits per heavy atom. The van der Waals surface area contributed by atoms with Crippen molar-refractivity contribution >= 4 is 51.5 Å². The normalized spacial score (nSPS) is 14.5. The first-order valence-corrected chi connectivity index (χ1v) is 13.9. The third-order valence-electron chi connectivity index (χ3n) is 7.34. The molecule has 2 aromatic heterocycles. The van der Waals surface area contributed by atoms with Crippen LogP contribution in [0.2, 0.25) is 0 Å². The number of primary amides is 1. The van der Waals surface area contributed by atoms with Crippen molar-refractivity contribution in [3.8, 4) is 0 Å². The van der Waals surface area contributed by atoms with Crippen LogP contribution in [0.4, 0.5) is 11.4 Å². The average molecular weight is 545 g/mol. The van der Waals surface area contributed by atoms with Gasteiger partial charge in [0.05, 0.1) is 5.69 Å². The van der Waals surface area contributed by atoms with E-state index < -0.39 is 17.9 Å². The van der Waals surface area contributed by atoms with Crippen molar-refractivity contribution in [1.29, 1.82) is 0 Å². The summed E-state index contributed by atoms with van der Waals surface area (Å²) in [4.78, 5) is 45.1. The molecule has 3 amide bonds. The molecule has 1 aliphatic rings. The highest BCUT2D eigenvalue weighted by atomic mass is 32.1. The maximum absolute atomic E-state index is 14.3. The molecule has 0 aliphatic heterocycles. The zero-order chi connectivity index (χ0) is 27.7. The first-order valence-electron chi connectivity index (χ1n) is 13.1. The molecule has 1 fully saturated rings. The number of anilines is 2. The second-order valence-electron chi connectivity index (χ2n) is 10.2. The third-order valence-corrected chi connectivity index (χ3v) is 8.19. The molecule has 39 heavy (non-hydrogen) atoms. The lowest BCUT2D eigenvalue weighted by Gasteiger charge is -2.32. The Bertz CT molecular complexity index is 1520. The van der Waals surface area contributed by atoms with Crippen molar-refractivity contribution in [2.24, 2.45) is 5.73 Å². The minimum Gasteiger partial charge on any atom is -0.395 e. The minimum absolute atomic E-state index is 0.0420. The number of aromatic amines is 1. The maximum Gasteiger partial charge on any atom is 0.273 e. The van der Waals surface area contributed by atoms with E-state index in [0.29, 0.717) is 11.3 Å². The van der Waals surface area contributed by atoms with Crippen molar-refractivity contribution in [2.45, 2.75) is 57.5 Å². The van der Waals surface area contributed by atoms with E-state index in [2.05, 4.69) is 28.5 Å². The number of carbonyl (C=O) groups is 3. The van der Waals surface area contributed by atoms with E-state index in [0.717, 1.165) is 53.7 Å². The Labute approximate surface area is 230 Å². The van der Waals surface area contributed by atoms with E-state index in [1.165, 1.54) is 4.90 Å². The summed E-state index contributed by atoms with van der Waals surface area (Å²) in [5.41, 5.74) is 14.5. The average Bonchev–Trinajstić information content (AvgIpc) is 3.67. The van der Waals surface area contributed by atoms with Crippen LogP contribution in [0, 0.1) is 0 Å². The van der Waals surface area contributed by atoms with Crippen LogP contribution < -0.4 is 21.7 Å². The molecule has 0 spiro atoms. The van der Waals surface area contributed by atoms with Crippen LogP contribution in [-0.2, 0) is 4.79 Å². The van der Waals surface area contributed by atoms with Gasteiger partial charge in [-0.25, -0.2) is 0 Å². The van der Waals surface area contributed by atoms with E-state index in [9.17, 15) is 14.4 Å². The van der Waals surface area contributed by atoms with E-state index in [-0.39, 0.29) is 34.1 Å².